The minimum atomic E-state index is -1.10. The standard InChI is InChI=1S/C34H24O9/c1-3-5-10-6-13(36)23-27-19(10)20-11(12(35)4-2)7-14(37)24-28(20)32-30-22(16(39)9-18(41)26(30)34(24)43)21-15(38)8-17(40)25(33(23)42)29(21)31(27)32/h6-9,12,35,38-43H,3-5H2,1-2H3. The second-order valence-electron chi connectivity index (χ2n) is 11.4. The predicted molar refractivity (Wildman–Crippen MR) is 166 cm³/mol. The second-order valence-corrected chi connectivity index (χ2v) is 11.4. The van der Waals surface area contributed by atoms with Gasteiger partial charge in [-0.1, -0.05) is 20.3 Å². The van der Waals surface area contributed by atoms with E-state index in [1.54, 1.807) is 6.92 Å². The van der Waals surface area contributed by atoms with E-state index in [-0.39, 0.29) is 65.8 Å². The lowest BCUT2D eigenvalue weighted by Gasteiger charge is -2.27. The van der Waals surface area contributed by atoms with E-state index in [1.165, 1.54) is 12.1 Å². The molecule has 8 aromatic rings. The van der Waals surface area contributed by atoms with Crippen molar-refractivity contribution in [3.8, 4) is 34.5 Å². The molecule has 8 rings (SSSR count). The second kappa shape index (κ2) is 7.96. The number of rotatable bonds is 4. The quantitative estimate of drug-likeness (QED) is 0.0999. The lowest BCUT2D eigenvalue weighted by atomic mass is 9.77. The van der Waals surface area contributed by atoms with Gasteiger partial charge in [0.1, 0.15) is 34.5 Å². The number of aryl methyl sites for hydroxylation is 1. The first kappa shape index (κ1) is 25.4. The average molecular weight is 577 g/mol. The first-order chi connectivity index (χ1) is 20.5. The van der Waals surface area contributed by atoms with Crippen molar-refractivity contribution in [1.82, 2.24) is 0 Å². The molecule has 43 heavy (non-hydrogen) atoms. The minimum Gasteiger partial charge on any atom is -0.507 e. The summed E-state index contributed by atoms with van der Waals surface area (Å²) in [5.41, 5.74) is -0.250. The van der Waals surface area contributed by atoms with Gasteiger partial charge in [-0.2, -0.15) is 0 Å². The Kier molecular flexibility index (Phi) is 4.71. The molecule has 0 aromatic heterocycles. The molecule has 214 valence electrons. The van der Waals surface area contributed by atoms with Gasteiger partial charge in [0.05, 0.1) is 27.6 Å². The SMILES string of the molecule is CCCc1cc(=O)c2c(O)c3c(O)cc(O)c4c5c(O)cc(O)c6c(O)c7c(=O)cc(C(O)CC)c8c1c2c(c34)c(c65)c78. The van der Waals surface area contributed by atoms with E-state index >= 15 is 0 Å². The van der Waals surface area contributed by atoms with Gasteiger partial charge in [0.25, 0.3) is 0 Å². The summed E-state index contributed by atoms with van der Waals surface area (Å²) in [6, 6.07) is 4.65. The molecule has 1 unspecified atom stereocenters. The Balaban J connectivity index is 1.97. The molecule has 0 heterocycles. The van der Waals surface area contributed by atoms with Gasteiger partial charge in [-0.3, -0.25) is 9.59 Å². The summed E-state index contributed by atoms with van der Waals surface area (Å²) in [4.78, 5) is 27.6. The molecule has 8 aromatic carbocycles. The summed E-state index contributed by atoms with van der Waals surface area (Å²) in [6.07, 6.45) is 0.206. The Morgan fingerprint density at radius 1 is 0.512 bits per heavy atom. The van der Waals surface area contributed by atoms with Crippen LogP contribution >= 0.6 is 0 Å². The molecule has 0 saturated carbocycles. The molecule has 7 N–H and O–H groups in total. The van der Waals surface area contributed by atoms with Crippen LogP contribution in [0.4, 0.5) is 0 Å². The van der Waals surface area contributed by atoms with Gasteiger partial charge < -0.3 is 35.7 Å². The largest absolute Gasteiger partial charge is 0.507 e. The van der Waals surface area contributed by atoms with Gasteiger partial charge in [0.2, 0.25) is 0 Å². The van der Waals surface area contributed by atoms with Gasteiger partial charge in [-0.05, 0) is 46.9 Å². The molecular weight excluding hydrogens is 552 g/mol. The van der Waals surface area contributed by atoms with Crippen LogP contribution in [0.3, 0.4) is 0 Å². The van der Waals surface area contributed by atoms with E-state index in [0.717, 1.165) is 12.1 Å². The zero-order valence-electron chi connectivity index (χ0n) is 23.0. The maximum atomic E-state index is 13.8. The summed E-state index contributed by atoms with van der Waals surface area (Å²) in [7, 11) is 0. The number of fused-ring (bicyclic) bond motifs is 2. The number of phenolic OH excluding ortho intramolecular Hbond substituents is 6. The summed E-state index contributed by atoms with van der Waals surface area (Å²) < 4.78 is 0. The number of aliphatic hydroxyl groups is 1. The number of benzene rings is 8. The molecule has 0 radical (unpaired) electrons. The Bertz CT molecular complexity index is 2620. The molecule has 0 bridgehead atoms. The lowest BCUT2D eigenvalue weighted by molar-refractivity contribution is 0.175. The van der Waals surface area contributed by atoms with Gasteiger partial charge in [-0.25, -0.2) is 0 Å². The van der Waals surface area contributed by atoms with Gasteiger partial charge in [-0.15, -0.1) is 0 Å². The van der Waals surface area contributed by atoms with Crippen LogP contribution in [0.2, 0.25) is 0 Å². The molecule has 9 heteroatoms. The normalized spacial score (nSPS) is 13.5. The fourth-order valence-electron chi connectivity index (χ4n) is 7.66. The molecule has 1 atom stereocenters. The first-order valence-corrected chi connectivity index (χ1v) is 14.0. The highest BCUT2D eigenvalue weighted by Crippen LogP contribution is 2.60. The lowest BCUT2D eigenvalue weighted by Crippen LogP contribution is -2.11. The third kappa shape index (κ3) is 2.71. The van der Waals surface area contributed by atoms with Gasteiger partial charge >= 0.3 is 0 Å². The van der Waals surface area contributed by atoms with E-state index in [4.69, 9.17) is 0 Å². The molecule has 0 spiro atoms. The number of hydrogen-bond donors (Lipinski definition) is 7. The Hall–Kier alpha value is -5.28. The fraction of sp³-hybridized carbons (Fsp3) is 0.176. The Morgan fingerprint density at radius 3 is 1.42 bits per heavy atom. The highest BCUT2D eigenvalue weighted by molar-refractivity contribution is 6.52. The van der Waals surface area contributed by atoms with E-state index in [9.17, 15) is 45.3 Å². The van der Waals surface area contributed by atoms with Crippen LogP contribution in [0.15, 0.2) is 33.9 Å². The third-order valence-electron chi connectivity index (χ3n) is 9.23. The van der Waals surface area contributed by atoms with Crippen LogP contribution in [0.25, 0.3) is 75.4 Å². The van der Waals surface area contributed by atoms with Crippen molar-refractivity contribution in [1.29, 1.82) is 0 Å². The van der Waals surface area contributed by atoms with Crippen LogP contribution in [-0.2, 0) is 6.42 Å². The van der Waals surface area contributed by atoms with Gasteiger partial charge in [0.15, 0.2) is 10.9 Å². The smallest absolute Gasteiger partial charge is 0.190 e. The van der Waals surface area contributed by atoms with E-state index in [1.807, 2.05) is 6.92 Å². The van der Waals surface area contributed by atoms with Crippen molar-refractivity contribution in [3.63, 3.8) is 0 Å². The summed E-state index contributed by atoms with van der Waals surface area (Å²) in [6.45, 7) is 3.68. The number of aromatic hydroxyl groups is 6. The van der Waals surface area contributed by atoms with Crippen molar-refractivity contribution >= 4 is 75.4 Å². The molecule has 0 aliphatic rings. The van der Waals surface area contributed by atoms with Crippen molar-refractivity contribution in [2.24, 2.45) is 0 Å². The molecule has 0 aliphatic carbocycles. The zero-order chi connectivity index (χ0) is 30.4. The first-order valence-electron chi connectivity index (χ1n) is 14.0. The number of phenols is 6. The molecular formula is C34H24O9. The van der Waals surface area contributed by atoms with Gasteiger partial charge in [0, 0.05) is 55.2 Å². The highest BCUT2D eigenvalue weighted by Gasteiger charge is 2.34. The Morgan fingerprint density at radius 2 is 0.930 bits per heavy atom. The van der Waals surface area contributed by atoms with Crippen LogP contribution in [0, 0.1) is 0 Å². The molecule has 0 saturated heterocycles. The number of aliphatic hydroxyl groups excluding tert-OH is 1. The molecule has 9 nitrogen and oxygen atoms in total. The number of hydrogen-bond acceptors (Lipinski definition) is 9. The molecule has 0 fully saturated rings. The Labute approximate surface area is 240 Å². The van der Waals surface area contributed by atoms with E-state index in [2.05, 4.69) is 0 Å². The summed E-state index contributed by atoms with van der Waals surface area (Å²) >= 11 is 0. The summed E-state index contributed by atoms with van der Waals surface area (Å²) in [5.74, 6) is -3.00. The maximum Gasteiger partial charge on any atom is 0.190 e. The highest BCUT2D eigenvalue weighted by atomic mass is 16.3. The third-order valence-corrected chi connectivity index (χ3v) is 9.23. The van der Waals surface area contributed by atoms with Crippen molar-refractivity contribution < 1.29 is 35.7 Å². The van der Waals surface area contributed by atoms with Crippen LogP contribution in [0.5, 0.6) is 34.5 Å². The molecule has 0 amide bonds. The summed E-state index contributed by atoms with van der Waals surface area (Å²) in [5, 5.41) is 81.0. The maximum absolute atomic E-state index is 13.8. The van der Waals surface area contributed by atoms with E-state index < -0.39 is 51.5 Å². The van der Waals surface area contributed by atoms with Crippen molar-refractivity contribution in [2.45, 2.75) is 39.2 Å². The molecule has 0 aliphatic heterocycles. The fourth-order valence-corrected chi connectivity index (χ4v) is 7.66. The monoisotopic (exact) mass is 576 g/mol. The average Bonchev–Trinajstić information content (AvgIpc) is 2.95. The van der Waals surface area contributed by atoms with Crippen LogP contribution in [0.1, 0.15) is 43.9 Å². The topological polar surface area (TPSA) is 176 Å². The zero-order valence-corrected chi connectivity index (χ0v) is 23.0. The van der Waals surface area contributed by atoms with Crippen molar-refractivity contribution in [2.75, 3.05) is 0 Å². The predicted octanol–water partition coefficient (Wildman–Crippen LogP) is 5.86. The van der Waals surface area contributed by atoms with E-state index in [0.29, 0.717) is 39.9 Å². The van der Waals surface area contributed by atoms with Crippen molar-refractivity contribution in [3.05, 3.63) is 55.8 Å². The van der Waals surface area contributed by atoms with Crippen LogP contribution < -0.4 is 10.9 Å². The van der Waals surface area contributed by atoms with Crippen LogP contribution in [-0.4, -0.2) is 35.7 Å². The minimum absolute atomic E-state index is 0.00380.